The number of aromatic nitrogens is 5. The Morgan fingerprint density at radius 1 is 1.06 bits per heavy atom. The topological polar surface area (TPSA) is 107 Å². The molecule has 2 aromatic heterocycles. The molecule has 0 aliphatic carbocycles. The fourth-order valence-corrected chi connectivity index (χ4v) is 5.55. The van der Waals surface area contributed by atoms with E-state index in [1.54, 1.807) is 7.11 Å². The lowest BCUT2D eigenvalue weighted by Crippen LogP contribution is -2.14. The van der Waals surface area contributed by atoms with Crippen molar-refractivity contribution in [3.63, 3.8) is 0 Å². The highest BCUT2D eigenvalue weighted by molar-refractivity contribution is 8.01. The number of carbonyl (C=O) groups is 1. The summed E-state index contributed by atoms with van der Waals surface area (Å²) in [6, 6.07) is 17.3. The van der Waals surface area contributed by atoms with Crippen molar-refractivity contribution in [1.29, 1.82) is 0 Å². The Labute approximate surface area is 220 Å². The minimum absolute atomic E-state index is 0.154. The van der Waals surface area contributed by atoms with Gasteiger partial charge in [-0.2, -0.15) is 0 Å². The number of methoxy groups -OCH3 is 1. The maximum absolute atomic E-state index is 12.5. The van der Waals surface area contributed by atoms with Gasteiger partial charge in [-0.15, -0.1) is 20.4 Å². The summed E-state index contributed by atoms with van der Waals surface area (Å²) in [5.74, 6) is 1.46. The molecule has 0 spiro atoms. The van der Waals surface area contributed by atoms with Crippen LogP contribution in [0.2, 0.25) is 5.02 Å². The van der Waals surface area contributed by atoms with Crippen LogP contribution in [0.3, 0.4) is 0 Å². The van der Waals surface area contributed by atoms with Gasteiger partial charge in [0.05, 0.1) is 18.9 Å². The molecule has 1 amide bonds. The highest BCUT2D eigenvalue weighted by Gasteiger charge is 2.17. The molecule has 0 aliphatic heterocycles. The summed E-state index contributed by atoms with van der Waals surface area (Å²) < 4.78 is 7.76. The molecule has 4 aromatic rings. The molecule has 0 bridgehead atoms. The molecule has 0 saturated carbocycles. The number of hydrogen-bond donors (Lipinski definition) is 2. The van der Waals surface area contributed by atoms with E-state index in [1.807, 2.05) is 59.2 Å². The van der Waals surface area contributed by atoms with Crippen LogP contribution in [0.4, 0.5) is 10.8 Å². The minimum Gasteiger partial charge on any atom is -0.384 e. The van der Waals surface area contributed by atoms with Gasteiger partial charge in [0, 0.05) is 29.3 Å². The van der Waals surface area contributed by atoms with Crippen molar-refractivity contribution in [3.05, 3.63) is 65.4 Å². The van der Waals surface area contributed by atoms with Crippen molar-refractivity contribution in [1.82, 2.24) is 25.0 Å². The highest BCUT2D eigenvalue weighted by atomic mass is 35.5. The second-order valence-corrected chi connectivity index (χ2v) is 10.7. The molecule has 0 atom stereocenters. The lowest BCUT2D eigenvalue weighted by molar-refractivity contribution is -0.113. The third-order valence-corrected chi connectivity index (χ3v) is 7.62. The van der Waals surface area contributed by atoms with Crippen molar-refractivity contribution in [3.8, 4) is 5.69 Å². The smallest absolute Gasteiger partial charge is 0.236 e. The van der Waals surface area contributed by atoms with Crippen LogP contribution in [0, 0.1) is 0 Å². The van der Waals surface area contributed by atoms with Crippen molar-refractivity contribution in [2.75, 3.05) is 35.9 Å². The molecule has 0 unspecified atom stereocenters. The molecule has 2 heterocycles. The normalized spacial score (nSPS) is 10.9. The van der Waals surface area contributed by atoms with Gasteiger partial charge in [-0.1, -0.05) is 64.7 Å². The first-order valence-electron chi connectivity index (χ1n) is 10.5. The molecule has 4 rings (SSSR count). The Kier molecular flexibility index (Phi) is 9.37. The number of rotatable bonds is 12. The van der Waals surface area contributed by atoms with Gasteiger partial charge in [0.15, 0.2) is 15.3 Å². The summed E-state index contributed by atoms with van der Waals surface area (Å²) in [4.78, 5) is 12.5. The number of carbonyl (C=O) groups excluding carboxylic acids is 1. The van der Waals surface area contributed by atoms with Crippen LogP contribution in [0.1, 0.15) is 5.82 Å². The average Bonchev–Trinajstić information content (AvgIpc) is 3.49. The summed E-state index contributed by atoms with van der Waals surface area (Å²) in [5.41, 5.74) is 1.83. The average molecular weight is 548 g/mol. The van der Waals surface area contributed by atoms with Gasteiger partial charge in [0.2, 0.25) is 11.0 Å². The maximum Gasteiger partial charge on any atom is 0.236 e. The molecule has 13 heteroatoms. The minimum atomic E-state index is -0.192. The van der Waals surface area contributed by atoms with Gasteiger partial charge in [-0.25, -0.2) is 0 Å². The van der Waals surface area contributed by atoms with Crippen LogP contribution in [-0.2, 0) is 16.1 Å². The van der Waals surface area contributed by atoms with Crippen molar-refractivity contribution < 1.29 is 9.53 Å². The number of ether oxygens (including phenoxy) is 1. The number of benzene rings is 2. The molecular weight excluding hydrogens is 526 g/mol. The molecule has 182 valence electrons. The Morgan fingerprint density at radius 3 is 2.63 bits per heavy atom. The van der Waals surface area contributed by atoms with E-state index in [0.29, 0.717) is 28.5 Å². The molecule has 2 aromatic carbocycles. The summed E-state index contributed by atoms with van der Waals surface area (Å²) >= 11 is 10.2. The monoisotopic (exact) mass is 547 g/mol. The second kappa shape index (κ2) is 12.9. The van der Waals surface area contributed by atoms with E-state index in [0.717, 1.165) is 27.3 Å². The Morgan fingerprint density at radius 2 is 1.86 bits per heavy atom. The zero-order chi connectivity index (χ0) is 24.5. The number of nitrogens with one attached hydrogen (secondary N) is 2. The van der Waals surface area contributed by atoms with E-state index in [1.165, 1.54) is 34.9 Å². The van der Waals surface area contributed by atoms with Crippen LogP contribution < -0.4 is 10.6 Å². The van der Waals surface area contributed by atoms with E-state index in [4.69, 9.17) is 16.3 Å². The third kappa shape index (κ3) is 7.42. The number of amides is 1. The second-order valence-electron chi connectivity index (χ2n) is 6.98. The van der Waals surface area contributed by atoms with Gasteiger partial charge in [-0.3, -0.25) is 14.7 Å². The molecule has 0 fully saturated rings. The largest absolute Gasteiger partial charge is 0.384 e. The van der Waals surface area contributed by atoms with Crippen molar-refractivity contribution >= 4 is 63.2 Å². The molecule has 0 saturated heterocycles. The first kappa shape index (κ1) is 25.5. The highest BCUT2D eigenvalue weighted by Crippen LogP contribution is 2.26. The lowest BCUT2D eigenvalue weighted by Gasteiger charge is -2.11. The summed E-state index contributed by atoms with van der Waals surface area (Å²) in [5, 5.41) is 24.7. The van der Waals surface area contributed by atoms with Crippen LogP contribution >= 0.6 is 46.5 Å². The zero-order valence-corrected chi connectivity index (χ0v) is 21.9. The predicted octanol–water partition coefficient (Wildman–Crippen LogP) is 4.85. The van der Waals surface area contributed by atoms with Crippen molar-refractivity contribution in [2.24, 2.45) is 0 Å². The fraction of sp³-hybridized carbons (Fsp3) is 0.227. The summed E-state index contributed by atoms with van der Waals surface area (Å²) in [6.45, 7) is 1.08. The third-order valence-electron chi connectivity index (χ3n) is 4.51. The summed E-state index contributed by atoms with van der Waals surface area (Å²) in [6.07, 6.45) is 0. The van der Waals surface area contributed by atoms with Crippen LogP contribution in [0.5, 0.6) is 0 Å². The van der Waals surface area contributed by atoms with Gasteiger partial charge in [-0.05, 0) is 36.4 Å². The fourth-order valence-electron chi connectivity index (χ4n) is 2.91. The molecule has 0 aliphatic rings. The number of halogens is 1. The van der Waals surface area contributed by atoms with Crippen LogP contribution in [-0.4, -0.2) is 56.1 Å². The predicted molar refractivity (Wildman–Crippen MR) is 142 cm³/mol. The van der Waals surface area contributed by atoms with Gasteiger partial charge >= 0.3 is 0 Å². The number of hydrogen-bond acceptors (Lipinski definition) is 10. The lowest BCUT2D eigenvalue weighted by atomic mass is 10.3. The van der Waals surface area contributed by atoms with E-state index < -0.39 is 0 Å². The zero-order valence-electron chi connectivity index (χ0n) is 18.7. The molecule has 0 radical (unpaired) electrons. The van der Waals surface area contributed by atoms with Gasteiger partial charge in [0.25, 0.3) is 0 Å². The van der Waals surface area contributed by atoms with E-state index in [-0.39, 0.29) is 11.7 Å². The molecule has 9 nitrogen and oxygen atoms in total. The number of nitrogens with zero attached hydrogens (tertiary/aromatic N) is 5. The standard InChI is InChI=1S/C22H22ClN7O2S3/c1-32-11-12-33-22-29-27-20(35-22)25-19(31)14-34-21-28-26-18(30(21)17-5-3-2-4-6-17)13-24-16-9-7-15(23)8-10-16/h2-10,24H,11-14H2,1H3,(H,25,27,31). The van der Waals surface area contributed by atoms with Crippen LogP contribution in [0.25, 0.3) is 5.69 Å². The van der Waals surface area contributed by atoms with Crippen LogP contribution in [0.15, 0.2) is 64.1 Å². The SMILES string of the molecule is COCCSc1nnc(NC(=O)CSc2nnc(CNc3ccc(Cl)cc3)n2-c2ccccc2)s1. The number of para-hydroxylation sites is 1. The molecule has 2 N–H and O–H groups in total. The van der Waals surface area contributed by atoms with E-state index in [9.17, 15) is 4.79 Å². The van der Waals surface area contributed by atoms with Crippen molar-refractivity contribution in [2.45, 2.75) is 16.0 Å². The molecular formula is C22H22ClN7O2S3. The number of anilines is 2. The Bertz CT molecular complexity index is 1240. The quantitative estimate of drug-likeness (QED) is 0.146. The first-order chi connectivity index (χ1) is 17.1. The van der Waals surface area contributed by atoms with E-state index >= 15 is 0 Å². The number of thioether (sulfide) groups is 2. The maximum atomic E-state index is 12.5. The van der Waals surface area contributed by atoms with E-state index in [2.05, 4.69) is 31.0 Å². The Balaban J connectivity index is 1.40. The molecule has 35 heavy (non-hydrogen) atoms. The van der Waals surface area contributed by atoms with Gasteiger partial charge in [0.1, 0.15) is 0 Å². The first-order valence-corrected chi connectivity index (χ1v) is 13.7. The Hall–Kier alpha value is -2.64. The van der Waals surface area contributed by atoms with Gasteiger partial charge < -0.3 is 10.1 Å². The summed E-state index contributed by atoms with van der Waals surface area (Å²) in [7, 11) is 1.65.